The van der Waals surface area contributed by atoms with E-state index in [0.717, 1.165) is 5.46 Å². The Kier molecular flexibility index (Phi) is 16.7. The summed E-state index contributed by atoms with van der Waals surface area (Å²) >= 11 is 11.1. The fourth-order valence-corrected chi connectivity index (χ4v) is 1.27. The SMILES string of the molecule is C#C.C#C.ClB(Cl)c1ccccc1.c1ccccc1. The van der Waals surface area contributed by atoms with Crippen LogP contribution in [0.3, 0.4) is 0 Å². The van der Waals surface area contributed by atoms with Crippen LogP contribution in [0.15, 0.2) is 66.7 Å². The standard InChI is InChI=1S/C6H5BCl2.C6H6.2C2H2/c8-7(9)6-4-2-1-3-5-6;1-2-4-6-5-3-1;2*1-2/h1-5H;1-6H;2*1-2H. The van der Waals surface area contributed by atoms with Gasteiger partial charge in [0.05, 0.1) is 0 Å². The van der Waals surface area contributed by atoms with E-state index in [4.69, 9.17) is 22.9 Å². The molecule has 3 heteroatoms. The zero-order chi connectivity index (χ0) is 14.9. The Morgan fingerprint density at radius 3 is 1.05 bits per heavy atom. The third-order valence-electron chi connectivity index (χ3n) is 1.72. The van der Waals surface area contributed by atoms with Crippen molar-refractivity contribution in [3.63, 3.8) is 0 Å². The maximum absolute atomic E-state index is 5.57. The average molecular weight is 289 g/mol. The largest absolute Gasteiger partial charge is 0.382 e. The molecular weight excluding hydrogens is 274 g/mol. The molecule has 0 aliphatic heterocycles. The van der Waals surface area contributed by atoms with Gasteiger partial charge in [0.1, 0.15) is 0 Å². The zero-order valence-electron chi connectivity index (χ0n) is 10.5. The van der Waals surface area contributed by atoms with Gasteiger partial charge in [0, 0.05) is 0 Å². The molecule has 0 spiro atoms. The highest BCUT2D eigenvalue weighted by atomic mass is 35.5. The minimum Gasteiger partial charge on any atom is -0.165 e. The van der Waals surface area contributed by atoms with Crippen molar-refractivity contribution in [1.82, 2.24) is 0 Å². The lowest BCUT2D eigenvalue weighted by molar-refractivity contribution is 1.72. The van der Waals surface area contributed by atoms with Crippen molar-refractivity contribution in [3.8, 4) is 25.7 Å². The van der Waals surface area contributed by atoms with E-state index in [1.807, 2.05) is 66.7 Å². The molecule has 0 unspecified atom stereocenters. The molecule has 0 heterocycles. The molecule has 0 nitrogen and oxygen atoms in total. The molecular formula is C16H15BCl2. The summed E-state index contributed by atoms with van der Waals surface area (Å²) in [5.41, 5.74) is 0.548. The summed E-state index contributed by atoms with van der Waals surface area (Å²) < 4.78 is 0. The summed E-state index contributed by atoms with van der Waals surface area (Å²) in [5.74, 6) is 0. The van der Waals surface area contributed by atoms with Gasteiger partial charge in [0.15, 0.2) is 0 Å². The van der Waals surface area contributed by atoms with Crippen LogP contribution in [0.4, 0.5) is 0 Å². The smallest absolute Gasteiger partial charge is 0.165 e. The van der Waals surface area contributed by atoms with Crippen LogP contribution in [0.5, 0.6) is 0 Å². The second-order valence-corrected chi connectivity index (χ2v) is 3.96. The Labute approximate surface area is 126 Å². The molecule has 0 aliphatic carbocycles. The number of rotatable bonds is 1. The van der Waals surface area contributed by atoms with Crippen molar-refractivity contribution in [3.05, 3.63) is 66.7 Å². The van der Waals surface area contributed by atoms with E-state index in [0.29, 0.717) is 0 Å². The van der Waals surface area contributed by atoms with E-state index in [1.54, 1.807) is 0 Å². The van der Waals surface area contributed by atoms with E-state index in [9.17, 15) is 0 Å². The van der Waals surface area contributed by atoms with Crippen LogP contribution in [0, 0.1) is 25.7 Å². The molecule has 2 rings (SSSR count). The van der Waals surface area contributed by atoms with Crippen molar-refractivity contribution >= 4 is 33.9 Å². The predicted octanol–water partition coefficient (Wildman–Crippen LogP) is 4.04. The number of halogens is 2. The molecule has 0 aromatic heterocycles. The number of terminal acetylenes is 2. The van der Waals surface area contributed by atoms with E-state index in [1.165, 1.54) is 0 Å². The second-order valence-electron chi connectivity index (χ2n) is 2.87. The monoisotopic (exact) mass is 288 g/mol. The van der Waals surface area contributed by atoms with Crippen LogP contribution in [0.25, 0.3) is 0 Å². The zero-order valence-corrected chi connectivity index (χ0v) is 12.0. The molecule has 0 atom stereocenters. The maximum Gasteiger partial charge on any atom is 0.382 e. The molecule has 0 saturated heterocycles. The second kappa shape index (κ2) is 16.2. The molecule has 0 fully saturated rings. The first-order chi connectivity index (χ1) is 9.30. The topological polar surface area (TPSA) is 0 Å². The summed E-state index contributed by atoms with van der Waals surface area (Å²) in [4.78, 5) is 0. The first-order valence-electron chi connectivity index (χ1n) is 5.30. The molecule has 96 valence electrons. The van der Waals surface area contributed by atoms with Crippen LogP contribution in [0.1, 0.15) is 0 Å². The summed E-state index contributed by atoms with van der Waals surface area (Å²) in [6.07, 6.45) is 16.0. The van der Waals surface area contributed by atoms with Crippen LogP contribution in [0.2, 0.25) is 0 Å². The Morgan fingerprint density at radius 2 is 0.842 bits per heavy atom. The number of benzene rings is 2. The Hall–Kier alpha value is -1.80. The third kappa shape index (κ3) is 12.5. The van der Waals surface area contributed by atoms with Crippen LogP contribution >= 0.6 is 22.9 Å². The molecule has 0 radical (unpaired) electrons. The highest BCUT2D eigenvalue weighted by Gasteiger charge is 2.06. The quantitative estimate of drug-likeness (QED) is 0.549. The summed E-state index contributed by atoms with van der Waals surface area (Å²) in [6, 6.07) is 21.5. The third-order valence-corrected chi connectivity index (χ3v) is 2.22. The van der Waals surface area contributed by atoms with Crippen molar-refractivity contribution in [1.29, 1.82) is 0 Å². The number of hydrogen-bond donors (Lipinski definition) is 0. The molecule has 2 aromatic carbocycles. The Bertz CT molecular complexity index is 389. The van der Waals surface area contributed by atoms with Gasteiger partial charge in [-0.1, -0.05) is 66.7 Å². The minimum atomic E-state index is -0.397. The fraction of sp³-hybridized carbons (Fsp3) is 0. The van der Waals surface area contributed by atoms with Gasteiger partial charge in [-0.15, -0.1) is 25.7 Å². The van der Waals surface area contributed by atoms with Gasteiger partial charge >= 0.3 is 5.54 Å². The molecule has 19 heavy (non-hydrogen) atoms. The maximum atomic E-state index is 5.57. The van der Waals surface area contributed by atoms with Gasteiger partial charge < -0.3 is 0 Å². The van der Waals surface area contributed by atoms with Gasteiger partial charge in [-0.3, -0.25) is 0 Å². The Balaban J connectivity index is 0. The van der Waals surface area contributed by atoms with Crippen molar-refractivity contribution in [2.24, 2.45) is 0 Å². The average Bonchev–Trinajstić information content (AvgIpc) is 2.54. The lowest BCUT2D eigenvalue weighted by atomic mass is 9.93. The van der Waals surface area contributed by atoms with Gasteiger partial charge in [-0.25, -0.2) is 0 Å². The molecule has 0 bridgehead atoms. The van der Waals surface area contributed by atoms with Crippen LogP contribution in [-0.4, -0.2) is 5.54 Å². The number of hydrogen-bond acceptors (Lipinski definition) is 0. The first kappa shape index (κ1) is 19.5. The van der Waals surface area contributed by atoms with E-state index < -0.39 is 5.54 Å². The van der Waals surface area contributed by atoms with Crippen LogP contribution in [-0.2, 0) is 0 Å². The van der Waals surface area contributed by atoms with Crippen molar-refractivity contribution in [2.75, 3.05) is 0 Å². The van der Waals surface area contributed by atoms with Crippen molar-refractivity contribution < 1.29 is 0 Å². The normalized spacial score (nSPS) is 7.05. The van der Waals surface area contributed by atoms with Gasteiger partial charge in [0.2, 0.25) is 0 Å². The molecule has 0 amide bonds. The minimum absolute atomic E-state index is 0.397. The van der Waals surface area contributed by atoms with E-state index >= 15 is 0 Å². The lowest BCUT2D eigenvalue weighted by Crippen LogP contribution is -2.16. The lowest BCUT2D eigenvalue weighted by Gasteiger charge is -1.93. The van der Waals surface area contributed by atoms with Crippen molar-refractivity contribution in [2.45, 2.75) is 0 Å². The first-order valence-corrected chi connectivity index (χ1v) is 6.18. The van der Waals surface area contributed by atoms with Gasteiger partial charge in [0.25, 0.3) is 0 Å². The highest BCUT2D eigenvalue weighted by molar-refractivity contribution is 7.39. The van der Waals surface area contributed by atoms with Gasteiger partial charge in [-0.2, -0.15) is 22.9 Å². The highest BCUT2D eigenvalue weighted by Crippen LogP contribution is 1.96. The summed E-state index contributed by atoms with van der Waals surface area (Å²) in [7, 11) is 0. The summed E-state index contributed by atoms with van der Waals surface area (Å²) in [5, 5.41) is 0. The predicted molar refractivity (Wildman–Crippen MR) is 89.8 cm³/mol. The molecule has 0 N–H and O–H groups in total. The fourth-order valence-electron chi connectivity index (χ4n) is 0.983. The molecule has 0 saturated carbocycles. The molecule has 2 aromatic rings. The molecule has 0 aliphatic rings. The van der Waals surface area contributed by atoms with Gasteiger partial charge in [-0.05, 0) is 5.46 Å². The van der Waals surface area contributed by atoms with E-state index in [-0.39, 0.29) is 0 Å². The van der Waals surface area contributed by atoms with E-state index in [2.05, 4.69) is 25.7 Å². The van der Waals surface area contributed by atoms with Crippen LogP contribution < -0.4 is 5.46 Å². The Morgan fingerprint density at radius 1 is 0.579 bits per heavy atom. The summed E-state index contributed by atoms with van der Waals surface area (Å²) in [6.45, 7) is 0.